The van der Waals surface area contributed by atoms with Gasteiger partial charge in [-0.15, -0.1) is 0 Å². The van der Waals surface area contributed by atoms with Crippen molar-refractivity contribution in [3.8, 4) is 5.88 Å². The molecule has 1 rings (SSSR count). The van der Waals surface area contributed by atoms with Gasteiger partial charge in [0, 0.05) is 0 Å². The Hall–Kier alpha value is -0.850. The van der Waals surface area contributed by atoms with Crippen LogP contribution in [-0.4, -0.2) is 22.8 Å². The van der Waals surface area contributed by atoms with Crippen molar-refractivity contribution >= 4 is 15.9 Å². The van der Waals surface area contributed by atoms with E-state index in [1.807, 2.05) is 0 Å². The molecule has 7 heteroatoms. The zero-order valence-corrected chi connectivity index (χ0v) is 8.68. The molecule has 0 aliphatic rings. The smallest absolute Gasteiger partial charge is 0.422 e. The van der Waals surface area contributed by atoms with Gasteiger partial charge in [-0.2, -0.15) is 13.2 Å². The van der Waals surface area contributed by atoms with Crippen LogP contribution in [0.15, 0.2) is 10.8 Å². The van der Waals surface area contributed by atoms with E-state index in [4.69, 9.17) is 0 Å². The van der Waals surface area contributed by atoms with Crippen molar-refractivity contribution in [2.45, 2.75) is 13.1 Å². The molecule has 1 aromatic rings. The third kappa shape index (κ3) is 3.49. The van der Waals surface area contributed by atoms with Crippen molar-refractivity contribution in [1.82, 2.24) is 9.97 Å². The van der Waals surface area contributed by atoms with E-state index in [0.29, 0.717) is 10.3 Å². The Balaban J connectivity index is 2.72. The van der Waals surface area contributed by atoms with Gasteiger partial charge in [0.1, 0.15) is 4.60 Å². The first-order valence-electron chi connectivity index (χ1n) is 3.57. The summed E-state index contributed by atoms with van der Waals surface area (Å²) in [5, 5.41) is 0. The lowest BCUT2D eigenvalue weighted by Gasteiger charge is -2.09. The van der Waals surface area contributed by atoms with Crippen molar-refractivity contribution in [1.29, 1.82) is 0 Å². The minimum atomic E-state index is -4.36. The van der Waals surface area contributed by atoms with Crippen molar-refractivity contribution in [3.63, 3.8) is 0 Å². The Morgan fingerprint density at radius 2 is 2.14 bits per heavy atom. The van der Waals surface area contributed by atoms with Crippen LogP contribution in [0.2, 0.25) is 0 Å². The molecule has 0 unspecified atom stereocenters. The molecule has 0 saturated heterocycles. The number of hydrogen-bond donors (Lipinski definition) is 0. The zero-order chi connectivity index (χ0) is 10.8. The highest BCUT2D eigenvalue weighted by Gasteiger charge is 2.29. The zero-order valence-electron chi connectivity index (χ0n) is 7.10. The Morgan fingerprint density at radius 1 is 1.50 bits per heavy atom. The molecule has 78 valence electrons. The monoisotopic (exact) mass is 270 g/mol. The molecular weight excluding hydrogens is 265 g/mol. The molecule has 0 aliphatic heterocycles. The summed E-state index contributed by atoms with van der Waals surface area (Å²) in [6, 6.07) is 0. The predicted molar refractivity (Wildman–Crippen MR) is 46.0 cm³/mol. The first-order valence-corrected chi connectivity index (χ1v) is 4.36. The number of nitrogens with zero attached hydrogens (tertiary/aromatic N) is 2. The standard InChI is InChI=1S/C7H6BrF3N2O/c1-4-6(13-5(8)2-12-4)14-3-7(9,10)11/h2H,3H2,1H3. The minimum Gasteiger partial charge on any atom is -0.467 e. The van der Waals surface area contributed by atoms with Gasteiger partial charge in [0.2, 0.25) is 5.88 Å². The van der Waals surface area contributed by atoms with E-state index in [2.05, 4.69) is 30.6 Å². The van der Waals surface area contributed by atoms with E-state index in [0.717, 1.165) is 0 Å². The van der Waals surface area contributed by atoms with Gasteiger partial charge in [-0.25, -0.2) is 4.98 Å². The van der Waals surface area contributed by atoms with E-state index >= 15 is 0 Å². The summed E-state index contributed by atoms with van der Waals surface area (Å²) in [7, 11) is 0. The van der Waals surface area contributed by atoms with Crippen LogP contribution in [0.5, 0.6) is 5.88 Å². The molecule has 0 N–H and O–H groups in total. The third-order valence-corrected chi connectivity index (χ3v) is 1.64. The number of hydrogen-bond acceptors (Lipinski definition) is 3. The molecule has 0 aromatic carbocycles. The van der Waals surface area contributed by atoms with E-state index in [1.165, 1.54) is 13.1 Å². The lowest BCUT2D eigenvalue weighted by atomic mass is 10.5. The largest absolute Gasteiger partial charge is 0.467 e. The van der Waals surface area contributed by atoms with Crippen LogP contribution in [0.1, 0.15) is 5.69 Å². The highest BCUT2D eigenvalue weighted by atomic mass is 79.9. The molecule has 0 atom stereocenters. The normalized spacial score (nSPS) is 11.5. The molecule has 0 bridgehead atoms. The number of halogens is 4. The summed E-state index contributed by atoms with van der Waals surface area (Å²) in [4.78, 5) is 7.49. The number of ether oxygens (including phenoxy) is 1. The van der Waals surface area contributed by atoms with Gasteiger partial charge in [-0.3, -0.25) is 4.98 Å². The lowest BCUT2D eigenvalue weighted by Crippen LogP contribution is -2.20. The molecule has 14 heavy (non-hydrogen) atoms. The summed E-state index contributed by atoms with van der Waals surface area (Å²) in [5.41, 5.74) is 0.317. The fourth-order valence-corrected chi connectivity index (χ4v) is 0.962. The first-order chi connectivity index (χ1) is 6.38. The third-order valence-electron chi connectivity index (χ3n) is 1.26. The molecule has 0 aliphatic carbocycles. The van der Waals surface area contributed by atoms with Crippen LogP contribution in [0.4, 0.5) is 13.2 Å². The maximum atomic E-state index is 11.8. The maximum absolute atomic E-state index is 11.8. The molecule has 1 heterocycles. The van der Waals surface area contributed by atoms with Crippen molar-refractivity contribution in [2.75, 3.05) is 6.61 Å². The average molecular weight is 271 g/mol. The lowest BCUT2D eigenvalue weighted by molar-refractivity contribution is -0.154. The van der Waals surface area contributed by atoms with Crippen molar-refractivity contribution in [3.05, 3.63) is 16.5 Å². The SMILES string of the molecule is Cc1ncc(Br)nc1OCC(F)(F)F. The molecule has 0 amide bonds. The van der Waals surface area contributed by atoms with Gasteiger partial charge in [-0.1, -0.05) is 0 Å². The van der Waals surface area contributed by atoms with Gasteiger partial charge < -0.3 is 4.74 Å². The van der Waals surface area contributed by atoms with Crippen molar-refractivity contribution in [2.24, 2.45) is 0 Å². The summed E-state index contributed by atoms with van der Waals surface area (Å²) < 4.78 is 40.2. The second-order valence-corrected chi connectivity index (χ2v) is 3.30. The molecule has 0 fully saturated rings. The minimum absolute atomic E-state index is 0.114. The highest BCUT2D eigenvalue weighted by Crippen LogP contribution is 2.20. The van der Waals surface area contributed by atoms with E-state index in [1.54, 1.807) is 0 Å². The van der Waals surface area contributed by atoms with E-state index in [9.17, 15) is 13.2 Å². The summed E-state index contributed by atoms with van der Waals surface area (Å²) in [6.07, 6.45) is -2.98. The number of alkyl halides is 3. The quantitative estimate of drug-likeness (QED) is 0.828. The number of rotatable bonds is 2. The number of aromatic nitrogens is 2. The van der Waals surface area contributed by atoms with Gasteiger partial charge in [-0.05, 0) is 22.9 Å². The van der Waals surface area contributed by atoms with Crippen LogP contribution >= 0.6 is 15.9 Å². The summed E-state index contributed by atoms with van der Waals surface area (Å²) in [5.74, 6) is -0.114. The van der Waals surface area contributed by atoms with Gasteiger partial charge >= 0.3 is 6.18 Å². The van der Waals surface area contributed by atoms with Crippen LogP contribution in [-0.2, 0) is 0 Å². The molecule has 0 saturated carbocycles. The molecular formula is C7H6BrF3N2O. The van der Waals surface area contributed by atoms with Gasteiger partial charge in [0.15, 0.2) is 6.61 Å². The van der Waals surface area contributed by atoms with Crippen molar-refractivity contribution < 1.29 is 17.9 Å². The second-order valence-electron chi connectivity index (χ2n) is 2.49. The van der Waals surface area contributed by atoms with Crippen LogP contribution in [0.3, 0.4) is 0 Å². The Morgan fingerprint density at radius 3 is 2.71 bits per heavy atom. The molecule has 1 aromatic heterocycles. The maximum Gasteiger partial charge on any atom is 0.422 e. The Bertz CT molecular complexity index is 329. The average Bonchev–Trinajstić information content (AvgIpc) is 2.05. The van der Waals surface area contributed by atoms with Gasteiger partial charge in [0.05, 0.1) is 11.9 Å². The Kier molecular flexibility index (Phi) is 3.30. The van der Waals surface area contributed by atoms with Gasteiger partial charge in [0.25, 0.3) is 0 Å². The Labute approximate surface area is 86.4 Å². The van der Waals surface area contributed by atoms with E-state index < -0.39 is 12.8 Å². The fraction of sp³-hybridized carbons (Fsp3) is 0.429. The predicted octanol–water partition coefficient (Wildman–Crippen LogP) is 2.49. The molecule has 0 radical (unpaired) electrons. The second kappa shape index (κ2) is 4.12. The van der Waals surface area contributed by atoms with Crippen LogP contribution < -0.4 is 4.74 Å². The van der Waals surface area contributed by atoms with Crippen LogP contribution in [0, 0.1) is 6.92 Å². The topological polar surface area (TPSA) is 35.0 Å². The first kappa shape index (κ1) is 11.2. The molecule has 3 nitrogen and oxygen atoms in total. The fourth-order valence-electron chi connectivity index (χ4n) is 0.699. The van der Waals surface area contributed by atoms with Crippen LogP contribution in [0.25, 0.3) is 0 Å². The molecule has 0 spiro atoms. The summed E-state index contributed by atoms with van der Waals surface area (Å²) in [6.45, 7) is 0.157. The number of aryl methyl sites for hydroxylation is 1. The van der Waals surface area contributed by atoms with E-state index in [-0.39, 0.29) is 5.88 Å². The summed E-state index contributed by atoms with van der Waals surface area (Å²) >= 11 is 2.98. The highest BCUT2D eigenvalue weighted by molar-refractivity contribution is 9.10.